The first-order chi connectivity index (χ1) is 12.3. The summed E-state index contributed by atoms with van der Waals surface area (Å²) >= 11 is 8.56. The molecule has 3 aromatic rings. The topological polar surface area (TPSA) is 71.5 Å². The number of aromatic nitrogens is 1. The lowest BCUT2D eigenvalue weighted by Gasteiger charge is -2.13. The maximum atomic E-state index is 12.3. The number of nitrogens with zero attached hydrogens (tertiary/aromatic N) is 2. The van der Waals surface area contributed by atoms with Crippen LogP contribution >= 0.6 is 34.3 Å². The van der Waals surface area contributed by atoms with Crippen LogP contribution in [0.1, 0.15) is 16.6 Å². The zero-order chi connectivity index (χ0) is 18.8. The van der Waals surface area contributed by atoms with Gasteiger partial charge in [-0.25, -0.2) is 9.78 Å². The number of nitrogens with one attached hydrogen (secondary N) is 1. The van der Waals surface area contributed by atoms with Gasteiger partial charge in [-0.1, -0.05) is 22.9 Å². The highest BCUT2D eigenvalue weighted by Gasteiger charge is 2.21. The molecular formula is C17H16ClN3O3S2. The number of rotatable bonds is 5. The smallest absolute Gasteiger partial charge is 0.349 e. The lowest BCUT2D eigenvalue weighted by atomic mass is 10.3. The van der Waals surface area contributed by atoms with E-state index >= 15 is 0 Å². The predicted molar refractivity (Wildman–Crippen MR) is 107 cm³/mol. The summed E-state index contributed by atoms with van der Waals surface area (Å²) in [6.45, 7) is 1.53. The molecule has 0 aliphatic heterocycles. The molecule has 3 rings (SSSR count). The second-order valence-corrected chi connectivity index (χ2v) is 8.19. The van der Waals surface area contributed by atoms with Gasteiger partial charge < -0.3 is 15.0 Å². The summed E-state index contributed by atoms with van der Waals surface area (Å²) in [5, 5.41) is 4.13. The lowest BCUT2D eigenvalue weighted by Crippen LogP contribution is -2.29. The van der Waals surface area contributed by atoms with E-state index in [4.69, 9.17) is 16.3 Å². The Morgan fingerprint density at radius 2 is 1.92 bits per heavy atom. The Labute approximate surface area is 163 Å². The van der Waals surface area contributed by atoms with Gasteiger partial charge in [0.1, 0.15) is 9.71 Å². The van der Waals surface area contributed by atoms with E-state index in [0.29, 0.717) is 15.6 Å². The van der Waals surface area contributed by atoms with Crippen LogP contribution in [0.2, 0.25) is 5.02 Å². The standard InChI is InChI=1S/C17H16ClN3O3S2/c1-9(14(22)19-11-6-4-10(18)5-7-11)24-16(23)13-8-12-15(25-13)20-17(26-12)21(2)3/h4-9H,1-3H3,(H,19,22). The Morgan fingerprint density at radius 1 is 1.23 bits per heavy atom. The Morgan fingerprint density at radius 3 is 2.54 bits per heavy atom. The van der Waals surface area contributed by atoms with Crippen LogP contribution < -0.4 is 10.2 Å². The minimum absolute atomic E-state index is 0.410. The van der Waals surface area contributed by atoms with Crippen LogP contribution in [0.25, 0.3) is 9.53 Å². The van der Waals surface area contributed by atoms with E-state index in [0.717, 1.165) is 14.7 Å². The van der Waals surface area contributed by atoms with Crippen molar-refractivity contribution in [3.63, 3.8) is 0 Å². The van der Waals surface area contributed by atoms with Crippen LogP contribution in [0.4, 0.5) is 10.8 Å². The summed E-state index contributed by atoms with van der Waals surface area (Å²) in [4.78, 5) is 32.1. The second-order valence-electron chi connectivity index (χ2n) is 5.71. The summed E-state index contributed by atoms with van der Waals surface area (Å²) in [6, 6.07) is 8.44. The number of carbonyl (C=O) groups excluding carboxylic acids is 2. The number of fused-ring (bicyclic) bond motifs is 1. The number of hydrogen-bond acceptors (Lipinski definition) is 7. The third-order valence-corrected chi connectivity index (χ3v) is 5.99. The fraction of sp³-hybridized carbons (Fsp3) is 0.235. The third-order valence-electron chi connectivity index (χ3n) is 3.43. The highest BCUT2D eigenvalue weighted by atomic mass is 35.5. The number of ether oxygens (including phenoxy) is 1. The largest absolute Gasteiger partial charge is 0.448 e. The van der Waals surface area contributed by atoms with Crippen LogP contribution in [-0.2, 0) is 9.53 Å². The van der Waals surface area contributed by atoms with Crippen LogP contribution in [0.5, 0.6) is 0 Å². The van der Waals surface area contributed by atoms with Gasteiger partial charge in [-0.15, -0.1) is 11.3 Å². The Bertz CT molecular complexity index is 918. The van der Waals surface area contributed by atoms with Crippen molar-refractivity contribution in [1.82, 2.24) is 4.98 Å². The number of thiazole rings is 1. The molecule has 0 saturated heterocycles. The Balaban J connectivity index is 1.63. The van der Waals surface area contributed by atoms with Crippen LogP contribution in [0.3, 0.4) is 0 Å². The molecule has 6 nitrogen and oxygen atoms in total. The van der Waals surface area contributed by atoms with E-state index in [9.17, 15) is 9.59 Å². The number of hydrogen-bond donors (Lipinski definition) is 1. The van der Waals surface area contributed by atoms with Gasteiger partial charge in [-0.05, 0) is 37.3 Å². The minimum atomic E-state index is -0.927. The molecule has 1 aromatic carbocycles. The van der Waals surface area contributed by atoms with Crippen molar-refractivity contribution in [3.05, 3.63) is 40.2 Å². The SMILES string of the molecule is CC(OC(=O)c1cc2sc(N(C)C)nc2s1)C(=O)Nc1ccc(Cl)cc1. The number of halogens is 1. The van der Waals surface area contributed by atoms with Crippen molar-refractivity contribution in [2.24, 2.45) is 0 Å². The fourth-order valence-corrected chi connectivity index (χ4v) is 4.21. The molecule has 1 atom stereocenters. The van der Waals surface area contributed by atoms with Crippen LogP contribution in [0, 0.1) is 0 Å². The van der Waals surface area contributed by atoms with E-state index in [-0.39, 0.29) is 0 Å². The van der Waals surface area contributed by atoms with Crippen molar-refractivity contribution in [2.45, 2.75) is 13.0 Å². The quantitative estimate of drug-likeness (QED) is 0.637. The zero-order valence-electron chi connectivity index (χ0n) is 14.3. The molecule has 9 heteroatoms. The first kappa shape index (κ1) is 18.6. The molecule has 2 heterocycles. The van der Waals surface area contributed by atoms with Crippen molar-refractivity contribution in [3.8, 4) is 0 Å². The maximum absolute atomic E-state index is 12.3. The van der Waals surface area contributed by atoms with Crippen molar-refractivity contribution in [1.29, 1.82) is 0 Å². The highest BCUT2D eigenvalue weighted by Crippen LogP contribution is 2.34. The fourth-order valence-electron chi connectivity index (χ4n) is 2.06. The van der Waals surface area contributed by atoms with E-state index < -0.39 is 18.0 Å². The molecule has 0 radical (unpaired) electrons. The lowest BCUT2D eigenvalue weighted by molar-refractivity contribution is -0.123. The summed E-state index contributed by atoms with van der Waals surface area (Å²) < 4.78 is 6.19. The van der Waals surface area contributed by atoms with E-state index in [1.54, 1.807) is 30.3 Å². The third kappa shape index (κ3) is 4.14. The minimum Gasteiger partial charge on any atom is -0.448 e. The van der Waals surface area contributed by atoms with Gasteiger partial charge in [-0.3, -0.25) is 4.79 Å². The highest BCUT2D eigenvalue weighted by molar-refractivity contribution is 7.29. The van der Waals surface area contributed by atoms with Gasteiger partial charge in [0.05, 0.1) is 4.70 Å². The summed E-state index contributed by atoms with van der Waals surface area (Å²) in [5.74, 6) is -0.947. The van der Waals surface area contributed by atoms with Gasteiger partial charge in [0.15, 0.2) is 11.2 Å². The molecule has 136 valence electrons. The van der Waals surface area contributed by atoms with Gasteiger partial charge >= 0.3 is 5.97 Å². The molecule has 1 amide bonds. The first-order valence-corrected chi connectivity index (χ1v) is 9.69. The molecule has 0 bridgehead atoms. The van der Waals surface area contributed by atoms with Gasteiger partial charge in [0.25, 0.3) is 5.91 Å². The summed E-state index contributed by atoms with van der Waals surface area (Å²) in [7, 11) is 3.83. The molecule has 0 aliphatic carbocycles. The Hall–Kier alpha value is -2.16. The predicted octanol–water partition coefficient (Wildman–Crippen LogP) is 4.26. The van der Waals surface area contributed by atoms with Gasteiger partial charge in [0, 0.05) is 24.8 Å². The molecule has 1 N–H and O–H groups in total. The molecule has 1 unspecified atom stereocenters. The number of thiophene rings is 1. The number of esters is 1. The summed E-state index contributed by atoms with van der Waals surface area (Å²) in [6.07, 6.45) is -0.927. The number of anilines is 2. The van der Waals surface area contributed by atoms with Crippen LogP contribution in [-0.4, -0.2) is 37.1 Å². The molecule has 0 aliphatic rings. The molecule has 0 saturated carbocycles. The maximum Gasteiger partial charge on any atom is 0.349 e. The molecule has 0 fully saturated rings. The number of benzene rings is 1. The first-order valence-electron chi connectivity index (χ1n) is 7.68. The average molecular weight is 410 g/mol. The van der Waals surface area contributed by atoms with E-state index in [1.807, 2.05) is 19.0 Å². The van der Waals surface area contributed by atoms with Crippen molar-refractivity contribution >= 4 is 66.5 Å². The number of amides is 1. The van der Waals surface area contributed by atoms with Gasteiger partial charge in [-0.2, -0.15) is 0 Å². The van der Waals surface area contributed by atoms with Crippen LogP contribution in [0.15, 0.2) is 30.3 Å². The van der Waals surface area contributed by atoms with Crippen molar-refractivity contribution < 1.29 is 14.3 Å². The average Bonchev–Trinajstić information content (AvgIpc) is 3.15. The molecule has 2 aromatic heterocycles. The van der Waals surface area contributed by atoms with Gasteiger partial charge in [0.2, 0.25) is 0 Å². The van der Waals surface area contributed by atoms with E-state index in [1.165, 1.54) is 29.6 Å². The Kier molecular flexibility index (Phi) is 5.45. The second kappa shape index (κ2) is 7.61. The normalized spacial score (nSPS) is 12.0. The number of carbonyl (C=O) groups is 2. The summed E-state index contributed by atoms with van der Waals surface area (Å²) in [5.41, 5.74) is 0.583. The molecule has 26 heavy (non-hydrogen) atoms. The molecular weight excluding hydrogens is 394 g/mol. The monoisotopic (exact) mass is 409 g/mol. The van der Waals surface area contributed by atoms with Crippen molar-refractivity contribution in [2.75, 3.05) is 24.3 Å². The van der Waals surface area contributed by atoms with E-state index in [2.05, 4.69) is 10.3 Å². The zero-order valence-corrected chi connectivity index (χ0v) is 16.7. The molecule has 0 spiro atoms.